The van der Waals surface area contributed by atoms with Gasteiger partial charge in [0.2, 0.25) is 11.9 Å². The average Bonchev–Trinajstić information content (AvgIpc) is 2.95. The maximum atomic E-state index is 12.8. The number of nitrogen functional groups attached to an aromatic ring is 1. The third-order valence-corrected chi connectivity index (χ3v) is 4.65. The second-order valence-electron chi connectivity index (χ2n) is 7.07. The summed E-state index contributed by atoms with van der Waals surface area (Å²) in [7, 11) is 0. The molecule has 2 amide bonds. The first-order valence-electron chi connectivity index (χ1n) is 9.31. The number of fused-ring (bicyclic) bond motifs is 1. The summed E-state index contributed by atoms with van der Waals surface area (Å²) in [5.74, 6) is 0.349. The number of nitrogens with zero attached hydrogens (tertiary/aromatic N) is 5. The summed E-state index contributed by atoms with van der Waals surface area (Å²) in [4.78, 5) is 37.2. The van der Waals surface area contributed by atoms with Gasteiger partial charge >= 0.3 is 0 Å². The van der Waals surface area contributed by atoms with Gasteiger partial charge in [-0.3, -0.25) is 19.1 Å². The highest BCUT2D eigenvalue weighted by Crippen LogP contribution is 2.18. The molecule has 1 aliphatic rings. The van der Waals surface area contributed by atoms with Crippen LogP contribution in [0.3, 0.4) is 0 Å². The molecule has 0 bridgehead atoms. The van der Waals surface area contributed by atoms with E-state index < -0.39 is 0 Å². The van der Waals surface area contributed by atoms with Gasteiger partial charge in [0.1, 0.15) is 5.52 Å². The van der Waals surface area contributed by atoms with Crippen LogP contribution in [0.5, 0.6) is 0 Å². The van der Waals surface area contributed by atoms with E-state index in [0.717, 1.165) is 0 Å². The number of anilines is 1. The molecule has 0 saturated carbocycles. The van der Waals surface area contributed by atoms with Crippen molar-refractivity contribution in [2.24, 2.45) is 0 Å². The Morgan fingerprint density at radius 2 is 1.96 bits per heavy atom. The van der Waals surface area contributed by atoms with Crippen LogP contribution >= 0.6 is 0 Å². The van der Waals surface area contributed by atoms with Gasteiger partial charge in [0, 0.05) is 45.0 Å². The van der Waals surface area contributed by atoms with Gasteiger partial charge in [-0.25, -0.2) is 9.97 Å². The van der Waals surface area contributed by atoms with E-state index in [1.54, 1.807) is 17.2 Å². The first kappa shape index (κ1) is 19.1. The van der Waals surface area contributed by atoms with Gasteiger partial charge in [-0.1, -0.05) is 0 Å². The zero-order valence-electron chi connectivity index (χ0n) is 16.1. The zero-order valence-corrected chi connectivity index (χ0v) is 16.1. The predicted octanol–water partition coefficient (Wildman–Crippen LogP) is 0.316. The SMILES string of the molecule is CCn1c(N)nc2cc(C(=O)N3CCN(CC(=O)NC(C)C)CC3)cnc21. The maximum Gasteiger partial charge on any atom is 0.255 e. The molecule has 0 radical (unpaired) electrons. The van der Waals surface area contributed by atoms with Crippen LogP contribution in [0.25, 0.3) is 11.2 Å². The summed E-state index contributed by atoms with van der Waals surface area (Å²) >= 11 is 0. The number of carbonyl (C=O) groups excluding carboxylic acids is 2. The Morgan fingerprint density at radius 1 is 1.26 bits per heavy atom. The highest BCUT2D eigenvalue weighted by atomic mass is 16.2. The van der Waals surface area contributed by atoms with Crippen molar-refractivity contribution in [1.29, 1.82) is 0 Å². The number of amides is 2. The normalized spacial score (nSPS) is 15.5. The van der Waals surface area contributed by atoms with Crippen LogP contribution in [0.15, 0.2) is 12.3 Å². The Labute approximate surface area is 158 Å². The number of carbonyl (C=O) groups is 2. The highest BCUT2D eigenvalue weighted by Gasteiger charge is 2.24. The lowest BCUT2D eigenvalue weighted by molar-refractivity contribution is -0.123. The molecular weight excluding hydrogens is 346 g/mol. The van der Waals surface area contributed by atoms with E-state index in [9.17, 15) is 9.59 Å². The van der Waals surface area contributed by atoms with E-state index in [4.69, 9.17) is 5.73 Å². The molecule has 146 valence electrons. The molecule has 1 saturated heterocycles. The van der Waals surface area contributed by atoms with E-state index in [-0.39, 0.29) is 17.9 Å². The number of imidazole rings is 1. The maximum absolute atomic E-state index is 12.8. The van der Waals surface area contributed by atoms with E-state index in [0.29, 0.717) is 61.9 Å². The fourth-order valence-electron chi connectivity index (χ4n) is 3.32. The Bertz CT molecular complexity index is 838. The third kappa shape index (κ3) is 4.19. The number of pyridine rings is 1. The van der Waals surface area contributed by atoms with Gasteiger partial charge in [-0.15, -0.1) is 0 Å². The van der Waals surface area contributed by atoms with Crippen molar-refractivity contribution in [1.82, 2.24) is 29.7 Å². The van der Waals surface area contributed by atoms with E-state index in [2.05, 4.69) is 20.2 Å². The van der Waals surface area contributed by atoms with Crippen LogP contribution in [0, 0.1) is 0 Å². The predicted molar refractivity (Wildman–Crippen MR) is 103 cm³/mol. The number of aromatic nitrogens is 3. The first-order chi connectivity index (χ1) is 12.9. The molecule has 0 atom stereocenters. The van der Waals surface area contributed by atoms with Crippen molar-refractivity contribution < 1.29 is 9.59 Å². The van der Waals surface area contributed by atoms with Gasteiger partial charge in [-0.05, 0) is 26.8 Å². The fraction of sp³-hybridized carbons (Fsp3) is 0.556. The number of aryl methyl sites for hydroxylation is 1. The molecule has 9 nitrogen and oxygen atoms in total. The minimum atomic E-state index is -0.0692. The number of hydrogen-bond donors (Lipinski definition) is 2. The molecule has 3 N–H and O–H groups in total. The molecule has 0 aliphatic carbocycles. The summed E-state index contributed by atoms with van der Waals surface area (Å²) in [6.45, 7) is 9.39. The number of piperazine rings is 1. The number of nitrogens with one attached hydrogen (secondary N) is 1. The van der Waals surface area contributed by atoms with Crippen molar-refractivity contribution in [3.05, 3.63) is 17.8 Å². The van der Waals surface area contributed by atoms with Crippen molar-refractivity contribution in [2.45, 2.75) is 33.4 Å². The number of hydrogen-bond acceptors (Lipinski definition) is 6. The van der Waals surface area contributed by atoms with Crippen LogP contribution in [0.1, 0.15) is 31.1 Å². The van der Waals surface area contributed by atoms with E-state index >= 15 is 0 Å². The van der Waals surface area contributed by atoms with Crippen LogP contribution < -0.4 is 11.1 Å². The average molecular weight is 373 g/mol. The summed E-state index contributed by atoms with van der Waals surface area (Å²) in [5, 5.41) is 2.89. The van der Waals surface area contributed by atoms with Crippen molar-refractivity contribution in [3.63, 3.8) is 0 Å². The molecule has 0 spiro atoms. The summed E-state index contributed by atoms with van der Waals surface area (Å²) in [6.07, 6.45) is 1.58. The molecule has 9 heteroatoms. The Balaban J connectivity index is 1.62. The molecule has 0 unspecified atom stereocenters. The largest absolute Gasteiger partial charge is 0.369 e. The van der Waals surface area contributed by atoms with Crippen LogP contribution in [0.4, 0.5) is 5.95 Å². The van der Waals surface area contributed by atoms with Crippen LogP contribution in [-0.2, 0) is 11.3 Å². The summed E-state index contributed by atoms with van der Waals surface area (Å²) in [5.41, 5.74) is 7.72. The molecule has 2 aromatic rings. The molecule has 0 aromatic carbocycles. The quantitative estimate of drug-likeness (QED) is 0.781. The second-order valence-corrected chi connectivity index (χ2v) is 7.07. The first-order valence-corrected chi connectivity index (χ1v) is 9.31. The standard InChI is InChI=1S/C18H27N7O2/c1-4-25-16-14(22-18(25)19)9-13(10-20-16)17(27)24-7-5-23(6-8-24)11-15(26)21-12(2)3/h9-10,12H,4-8,11H2,1-3H3,(H2,19,22)(H,21,26). The van der Waals surface area contributed by atoms with E-state index in [1.807, 2.05) is 25.3 Å². The molecule has 1 fully saturated rings. The monoisotopic (exact) mass is 373 g/mol. The molecule has 27 heavy (non-hydrogen) atoms. The van der Waals surface area contributed by atoms with E-state index in [1.165, 1.54) is 0 Å². The number of rotatable bonds is 5. The topological polar surface area (TPSA) is 109 Å². The van der Waals surface area contributed by atoms with Gasteiger partial charge < -0.3 is 16.0 Å². The lowest BCUT2D eigenvalue weighted by Gasteiger charge is -2.34. The Hall–Kier alpha value is -2.68. The van der Waals surface area contributed by atoms with Gasteiger partial charge in [0.05, 0.1) is 12.1 Å². The second kappa shape index (κ2) is 7.91. The van der Waals surface area contributed by atoms with Crippen LogP contribution in [0.2, 0.25) is 0 Å². The Morgan fingerprint density at radius 3 is 2.59 bits per heavy atom. The lowest BCUT2D eigenvalue weighted by atomic mass is 10.2. The molecule has 2 aromatic heterocycles. The van der Waals surface area contributed by atoms with Gasteiger partial charge in [-0.2, -0.15) is 0 Å². The molecule has 1 aliphatic heterocycles. The highest BCUT2D eigenvalue weighted by molar-refractivity contribution is 5.96. The van der Waals surface area contributed by atoms with Crippen molar-refractivity contribution >= 4 is 28.9 Å². The molecule has 3 heterocycles. The lowest BCUT2D eigenvalue weighted by Crippen LogP contribution is -2.51. The van der Waals surface area contributed by atoms with Gasteiger partial charge in [0.25, 0.3) is 5.91 Å². The Kier molecular flexibility index (Phi) is 5.59. The summed E-state index contributed by atoms with van der Waals surface area (Å²) in [6, 6.07) is 1.88. The zero-order chi connectivity index (χ0) is 19.6. The molecule has 3 rings (SSSR count). The molecular formula is C18H27N7O2. The van der Waals surface area contributed by atoms with Gasteiger partial charge in [0.15, 0.2) is 5.65 Å². The fourth-order valence-corrected chi connectivity index (χ4v) is 3.32. The van der Waals surface area contributed by atoms with Crippen molar-refractivity contribution in [2.75, 3.05) is 38.5 Å². The smallest absolute Gasteiger partial charge is 0.255 e. The third-order valence-electron chi connectivity index (χ3n) is 4.65. The van der Waals surface area contributed by atoms with Crippen LogP contribution in [-0.4, -0.2) is 74.9 Å². The number of nitrogens with two attached hydrogens (primary N) is 1. The minimum absolute atomic E-state index is 0.0172. The minimum Gasteiger partial charge on any atom is -0.369 e. The van der Waals surface area contributed by atoms with Crippen molar-refractivity contribution in [3.8, 4) is 0 Å². The summed E-state index contributed by atoms with van der Waals surface area (Å²) < 4.78 is 1.81.